The van der Waals surface area contributed by atoms with E-state index >= 15 is 0 Å². The van der Waals surface area contributed by atoms with Gasteiger partial charge in [-0.25, -0.2) is 0 Å². The fourth-order valence-corrected chi connectivity index (χ4v) is 1.16. The molecule has 1 aromatic rings. The molecule has 0 saturated heterocycles. The molecule has 0 atom stereocenters. The van der Waals surface area contributed by atoms with Gasteiger partial charge in [-0.2, -0.15) is 0 Å². The first-order valence-electron chi connectivity index (χ1n) is 5.67. The molecule has 0 fully saturated rings. The molecule has 2 N–H and O–H groups in total. The third kappa shape index (κ3) is 4.34. The Hall–Kier alpha value is -1.51. The highest BCUT2D eigenvalue weighted by Crippen LogP contribution is 2.29. The van der Waals surface area contributed by atoms with E-state index in [1.165, 1.54) is 6.42 Å². The lowest BCUT2D eigenvalue weighted by Crippen LogP contribution is -2.15. The second-order valence-corrected chi connectivity index (χ2v) is 3.63. The maximum Gasteiger partial charge on any atom is 0.0876 e. The van der Waals surface area contributed by atoms with Crippen molar-refractivity contribution in [1.29, 1.82) is 0 Å². The van der Waals surface area contributed by atoms with Crippen LogP contribution in [0.25, 0.3) is 0 Å². The quantitative estimate of drug-likeness (QED) is 0.627. The Morgan fingerprint density at radius 2 is 1.88 bits per heavy atom. The van der Waals surface area contributed by atoms with E-state index in [9.17, 15) is 0 Å². The van der Waals surface area contributed by atoms with Gasteiger partial charge >= 0.3 is 0 Å². The molecular weight excluding hydrogens is 198 g/mol. The number of aliphatic imine (C=N–C) groups is 1. The lowest BCUT2D eigenvalue weighted by atomic mass is 10.2. The van der Waals surface area contributed by atoms with Crippen LogP contribution in [0.2, 0.25) is 0 Å². The average Bonchev–Trinajstić information content (AvgIpc) is 2.29. The monoisotopic (exact) mass is 221 g/mol. The van der Waals surface area contributed by atoms with Crippen LogP contribution in [0, 0.1) is 0 Å². The minimum atomic E-state index is 0.718. The molecule has 16 heavy (non-hydrogen) atoms. The molecule has 0 spiro atoms. The number of nitrogens with zero attached hydrogens (tertiary/aromatic N) is 2. The third-order valence-corrected chi connectivity index (χ3v) is 2.06. The summed E-state index contributed by atoms with van der Waals surface area (Å²) in [7, 11) is 2.01. The van der Waals surface area contributed by atoms with Crippen molar-refractivity contribution in [1.82, 2.24) is 0 Å². The van der Waals surface area contributed by atoms with Crippen molar-refractivity contribution in [2.75, 3.05) is 24.2 Å². The standard InChI is InChI=1S/C10H15N3.C3H8/c1-4-13(3)10-6-5-8(11)7-9(10)12-2;1-3-2/h5-7H,2,4,11H2,1,3H3;3H2,1-2H3. The molecule has 0 heterocycles. The van der Waals surface area contributed by atoms with Crippen LogP contribution in [-0.2, 0) is 0 Å². The molecule has 0 aliphatic rings. The van der Waals surface area contributed by atoms with Crippen molar-refractivity contribution in [3.63, 3.8) is 0 Å². The molecule has 0 aromatic heterocycles. The molecule has 0 saturated carbocycles. The summed E-state index contributed by atoms with van der Waals surface area (Å²) in [6.07, 6.45) is 1.25. The van der Waals surface area contributed by atoms with Crippen LogP contribution >= 0.6 is 0 Å². The first-order chi connectivity index (χ1) is 7.60. The topological polar surface area (TPSA) is 41.6 Å². The highest BCUT2D eigenvalue weighted by Gasteiger charge is 2.04. The van der Waals surface area contributed by atoms with Gasteiger partial charge in [0.1, 0.15) is 0 Å². The largest absolute Gasteiger partial charge is 0.399 e. The fraction of sp³-hybridized carbons (Fsp3) is 0.462. The van der Waals surface area contributed by atoms with Crippen LogP contribution in [-0.4, -0.2) is 20.3 Å². The summed E-state index contributed by atoms with van der Waals surface area (Å²) in [6.45, 7) is 10.8. The SMILES string of the molecule is C=Nc1cc(N)ccc1N(C)CC.CCC. The lowest BCUT2D eigenvalue weighted by molar-refractivity contribution is 0.968. The first-order valence-corrected chi connectivity index (χ1v) is 5.67. The molecule has 0 amide bonds. The van der Waals surface area contributed by atoms with Gasteiger partial charge < -0.3 is 10.6 Å². The molecule has 1 rings (SSSR count). The van der Waals surface area contributed by atoms with E-state index in [-0.39, 0.29) is 0 Å². The van der Waals surface area contributed by atoms with Crippen molar-refractivity contribution >= 4 is 23.8 Å². The van der Waals surface area contributed by atoms with E-state index in [2.05, 4.69) is 37.4 Å². The van der Waals surface area contributed by atoms with Gasteiger partial charge in [0, 0.05) is 19.3 Å². The molecule has 0 radical (unpaired) electrons. The highest BCUT2D eigenvalue weighted by molar-refractivity contribution is 5.72. The number of nitrogen functional groups attached to an aromatic ring is 1. The number of rotatable bonds is 3. The number of benzene rings is 1. The van der Waals surface area contributed by atoms with Gasteiger partial charge in [-0.1, -0.05) is 20.3 Å². The maximum absolute atomic E-state index is 5.64. The van der Waals surface area contributed by atoms with Gasteiger partial charge in [-0.15, -0.1) is 0 Å². The van der Waals surface area contributed by atoms with Crippen LogP contribution < -0.4 is 10.6 Å². The van der Waals surface area contributed by atoms with Crippen LogP contribution in [0.5, 0.6) is 0 Å². The zero-order chi connectivity index (χ0) is 12.6. The molecule has 0 bridgehead atoms. The number of anilines is 2. The molecule has 0 unspecified atom stereocenters. The lowest BCUT2D eigenvalue weighted by Gasteiger charge is -2.18. The Bertz CT molecular complexity index is 321. The molecule has 3 heteroatoms. The van der Waals surface area contributed by atoms with Crippen LogP contribution in [0.15, 0.2) is 23.2 Å². The molecule has 3 nitrogen and oxygen atoms in total. The van der Waals surface area contributed by atoms with E-state index in [0.717, 1.165) is 23.6 Å². The van der Waals surface area contributed by atoms with E-state index < -0.39 is 0 Å². The molecule has 1 aromatic carbocycles. The van der Waals surface area contributed by atoms with Crippen molar-refractivity contribution in [2.24, 2.45) is 4.99 Å². The summed E-state index contributed by atoms with van der Waals surface area (Å²) in [5, 5.41) is 0. The number of hydrogen-bond acceptors (Lipinski definition) is 3. The zero-order valence-corrected chi connectivity index (χ0v) is 10.8. The van der Waals surface area contributed by atoms with E-state index in [4.69, 9.17) is 5.73 Å². The van der Waals surface area contributed by atoms with Crippen molar-refractivity contribution < 1.29 is 0 Å². The number of nitrogens with two attached hydrogens (primary N) is 1. The normalized spacial score (nSPS) is 9.00. The van der Waals surface area contributed by atoms with Gasteiger partial charge in [0.15, 0.2) is 0 Å². The van der Waals surface area contributed by atoms with Gasteiger partial charge in [0.25, 0.3) is 0 Å². The van der Waals surface area contributed by atoms with Crippen molar-refractivity contribution in [2.45, 2.75) is 27.2 Å². The van der Waals surface area contributed by atoms with E-state index in [0.29, 0.717) is 0 Å². The Kier molecular flexibility index (Phi) is 7.01. The predicted molar refractivity (Wildman–Crippen MR) is 75.0 cm³/mol. The summed E-state index contributed by atoms with van der Waals surface area (Å²) >= 11 is 0. The molecule has 0 aliphatic heterocycles. The van der Waals surface area contributed by atoms with Gasteiger partial charge in [-0.3, -0.25) is 4.99 Å². The summed E-state index contributed by atoms with van der Waals surface area (Å²) in [5.41, 5.74) is 8.26. The summed E-state index contributed by atoms with van der Waals surface area (Å²) in [6, 6.07) is 5.66. The number of hydrogen-bond donors (Lipinski definition) is 1. The second kappa shape index (κ2) is 7.74. The minimum Gasteiger partial charge on any atom is -0.399 e. The Morgan fingerprint density at radius 1 is 1.31 bits per heavy atom. The fourth-order valence-electron chi connectivity index (χ4n) is 1.16. The van der Waals surface area contributed by atoms with Crippen molar-refractivity contribution in [3.05, 3.63) is 18.2 Å². The molecular formula is C13H23N3. The highest BCUT2D eigenvalue weighted by atomic mass is 15.1. The smallest absolute Gasteiger partial charge is 0.0876 e. The summed E-state index contributed by atoms with van der Waals surface area (Å²) in [4.78, 5) is 6.03. The minimum absolute atomic E-state index is 0.718. The van der Waals surface area contributed by atoms with Crippen LogP contribution in [0.4, 0.5) is 17.1 Å². The van der Waals surface area contributed by atoms with Crippen LogP contribution in [0.3, 0.4) is 0 Å². The molecule has 90 valence electrons. The predicted octanol–water partition coefficient (Wildman–Crippen LogP) is 3.47. The van der Waals surface area contributed by atoms with Gasteiger partial charge in [-0.05, 0) is 31.8 Å². The Morgan fingerprint density at radius 3 is 2.31 bits per heavy atom. The van der Waals surface area contributed by atoms with E-state index in [1.54, 1.807) is 0 Å². The zero-order valence-electron chi connectivity index (χ0n) is 10.8. The van der Waals surface area contributed by atoms with E-state index in [1.807, 2.05) is 25.2 Å². The summed E-state index contributed by atoms with van der Waals surface area (Å²) in [5.74, 6) is 0. The first kappa shape index (κ1) is 14.5. The van der Waals surface area contributed by atoms with Crippen molar-refractivity contribution in [3.8, 4) is 0 Å². The Labute approximate surface area is 99.0 Å². The van der Waals surface area contributed by atoms with Gasteiger partial charge in [0.2, 0.25) is 0 Å². The maximum atomic E-state index is 5.64. The Balaban J connectivity index is 0.000000673. The summed E-state index contributed by atoms with van der Waals surface area (Å²) < 4.78 is 0. The second-order valence-electron chi connectivity index (χ2n) is 3.63. The average molecular weight is 221 g/mol. The van der Waals surface area contributed by atoms with Gasteiger partial charge in [0.05, 0.1) is 11.4 Å². The third-order valence-electron chi connectivity index (χ3n) is 2.06. The van der Waals surface area contributed by atoms with Crippen LogP contribution in [0.1, 0.15) is 27.2 Å². The molecule has 0 aliphatic carbocycles.